The molecule has 1 aliphatic rings. The lowest BCUT2D eigenvalue weighted by molar-refractivity contribution is 0.148. The Hall–Kier alpha value is -2.01. The van der Waals surface area contributed by atoms with Gasteiger partial charge >= 0.3 is 6.09 Å². The summed E-state index contributed by atoms with van der Waals surface area (Å²) in [6.45, 7) is 2.19. The van der Waals surface area contributed by atoms with Crippen LogP contribution in [-0.2, 0) is 11.2 Å². The molecule has 1 aromatic carbocycles. The molecule has 22 heavy (non-hydrogen) atoms. The van der Waals surface area contributed by atoms with Crippen LogP contribution in [0.1, 0.15) is 23.3 Å². The van der Waals surface area contributed by atoms with Crippen molar-refractivity contribution >= 4 is 17.9 Å². The van der Waals surface area contributed by atoms with Gasteiger partial charge < -0.3 is 10.1 Å². The highest BCUT2D eigenvalue weighted by Gasteiger charge is 2.34. The maximum absolute atomic E-state index is 11.8. The lowest BCUT2D eigenvalue weighted by Gasteiger charge is -2.20. The van der Waals surface area contributed by atoms with Crippen molar-refractivity contribution in [1.82, 2.24) is 10.3 Å². The number of benzene rings is 1. The molecule has 114 valence electrons. The number of carbonyl (C=O) groups excluding carboxylic acids is 1. The van der Waals surface area contributed by atoms with E-state index in [0.717, 1.165) is 11.4 Å². The Bertz CT molecular complexity index is 648. The Morgan fingerprint density at radius 1 is 1.32 bits per heavy atom. The van der Waals surface area contributed by atoms with Crippen molar-refractivity contribution in [3.8, 4) is 0 Å². The van der Waals surface area contributed by atoms with E-state index in [-0.39, 0.29) is 17.4 Å². The zero-order valence-electron chi connectivity index (χ0n) is 12.4. The number of hydrogen-bond donors (Lipinski definition) is 1. The predicted octanol–water partition coefficient (Wildman–Crippen LogP) is 3.59. The molecule has 1 aromatic heterocycles. The summed E-state index contributed by atoms with van der Waals surface area (Å²) >= 11 is 1.68. The number of nitrogens with zero attached hydrogens (tertiary/aromatic N) is 1. The highest BCUT2D eigenvalue weighted by atomic mass is 32.2. The van der Waals surface area contributed by atoms with Crippen LogP contribution in [0.2, 0.25) is 0 Å². The Kier molecular flexibility index (Phi) is 4.63. The number of pyridine rings is 1. The molecule has 0 bridgehead atoms. The van der Waals surface area contributed by atoms with Crippen molar-refractivity contribution in [2.45, 2.75) is 29.7 Å². The van der Waals surface area contributed by atoms with Crippen LogP contribution in [0.15, 0.2) is 53.7 Å². The van der Waals surface area contributed by atoms with Crippen LogP contribution in [0.5, 0.6) is 0 Å². The van der Waals surface area contributed by atoms with Gasteiger partial charge in [-0.2, -0.15) is 0 Å². The molecule has 0 fully saturated rings. The highest BCUT2D eigenvalue weighted by Crippen LogP contribution is 2.44. The number of hydrogen-bond acceptors (Lipinski definition) is 4. The van der Waals surface area contributed by atoms with Gasteiger partial charge in [0.25, 0.3) is 0 Å². The molecule has 0 radical (unpaired) electrons. The normalized spacial score (nSPS) is 19.5. The first kappa shape index (κ1) is 14.9. The fourth-order valence-electron chi connectivity index (χ4n) is 2.70. The van der Waals surface area contributed by atoms with Gasteiger partial charge in [0, 0.05) is 6.20 Å². The summed E-state index contributed by atoms with van der Waals surface area (Å²) in [5.41, 5.74) is 2.54. The second-order valence-electron chi connectivity index (χ2n) is 5.08. The van der Waals surface area contributed by atoms with Crippen LogP contribution in [0.3, 0.4) is 0 Å². The first-order chi connectivity index (χ1) is 10.8. The maximum Gasteiger partial charge on any atom is 0.407 e. The van der Waals surface area contributed by atoms with E-state index >= 15 is 0 Å². The number of fused-ring (bicyclic) bond motifs is 1. The van der Waals surface area contributed by atoms with Crippen molar-refractivity contribution in [2.24, 2.45) is 0 Å². The molecule has 0 aliphatic heterocycles. The molecule has 2 atom stereocenters. The van der Waals surface area contributed by atoms with Crippen molar-refractivity contribution in [1.29, 1.82) is 0 Å². The van der Waals surface area contributed by atoms with Crippen LogP contribution in [0.25, 0.3) is 0 Å². The third-order valence-corrected chi connectivity index (χ3v) is 4.95. The second kappa shape index (κ2) is 6.83. The summed E-state index contributed by atoms with van der Waals surface area (Å²) in [7, 11) is 0. The molecule has 0 spiro atoms. The molecule has 2 aromatic rings. The monoisotopic (exact) mass is 314 g/mol. The molecule has 5 heteroatoms. The third-order valence-electron chi connectivity index (χ3n) is 3.63. The van der Waals surface area contributed by atoms with Crippen LogP contribution >= 0.6 is 11.8 Å². The molecule has 1 amide bonds. The molecule has 1 aliphatic carbocycles. The van der Waals surface area contributed by atoms with Gasteiger partial charge in [-0.1, -0.05) is 42.1 Å². The lowest BCUT2D eigenvalue weighted by Crippen LogP contribution is -2.37. The van der Waals surface area contributed by atoms with E-state index in [0.29, 0.717) is 6.61 Å². The molecule has 4 nitrogen and oxygen atoms in total. The minimum Gasteiger partial charge on any atom is -0.450 e. The van der Waals surface area contributed by atoms with Crippen molar-refractivity contribution in [2.75, 3.05) is 6.61 Å². The average molecular weight is 314 g/mol. The van der Waals surface area contributed by atoms with Crippen LogP contribution in [0.4, 0.5) is 4.79 Å². The fraction of sp³-hybridized carbons (Fsp3) is 0.294. The van der Waals surface area contributed by atoms with Gasteiger partial charge in [-0.15, -0.1) is 0 Å². The van der Waals surface area contributed by atoms with Crippen molar-refractivity contribution in [3.63, 3.8) is 0 Å². The summed E-state index contributed by atoms with van der Waals surface area (Å²) in [4.78, 5) is 16.2. The Labute approximate surface area is 134 Å². The SMILES string of the molecule is CCOC(=O)N[C@@H]1Cc2ccccc2[C@@H]1Sc1ccccn1. The molecule has 3 rings (SSSR count). The standard InChI is InChI=1S/C17H18N2O2S/c1-2-21-17(20)19-14-11-12-7-3-4-8-13(12)16(14)22-15-9-5-6-10-18-15/h3-10,14,16H,2,11H2,1H3,(H,19,20)/t14-,16+/m1/s1. The second-order valence-corrected chi connectivity index (χ2v) is 6.24. The van der Waals surface area contributed by atoms with Crippen LogP contribution in [0, 0.1) is 0 Å². The topological polar surface area (TPSA) is 51.2 Å². The van der Waals surface area contributed by atoms with Gasteiger partial charge in [-0.05, 0) is 36.6 Å². The third kappa shape index (κ3) is 3.25. The molecular formula is C17H18N2O2S. The van der Waals surface area contributed by atoms with Gasteiger partial charge in [0.15, 0.2) is 0 Å². The molecule has 0 unspecified atom stereocenters. The minimum atomic E-state index is -0.355. The molecule has 1 heterocycles. The molecule has 1 N–H and O–H groups in total. The van der Waals surface area contributed by atoms with Gasteiger partial charge in [0.1, 0.15) is 0 Å². The summed E-state index contributed by atoms with van der Waals surface area (Å²) in [6.07, 6.45) is 2.25. The van der Waals surface area contributed by atoms with E-state index in [9.17, 15) is 4.79 Å². The van der Waals surface area contributed by atoms with Gasteiger partial charge in [-0.25, -0.2) is 9.78 Å². The van der Waals surface area contributed by atoms with Gasteiger partial charge in [-0.3, -0.25) is 0 Å². The highest BCUT2D eigenvalue weighted by molar-refractivity contribution is 7.99. The van der Waals surface area contributed by atoms with E-state index in [1.165, 1.54) is 11.1 Å². The number of amides is 1. The summed E-state index contributed by atoms with van der Waals surface area (Å²) in [5, 5.41) is 4.09. The molecular weight excluding hydrogens is 296 g/mol. The summed E-state index contributed by atoms with van der Waals surface area (Å²) in [6, 6.07) is 14.2. The number of thioether (sulfide) groups is 1. The first-order valence-corrected chi connectivity index (χ1v) is 8.24. The zero-order valence-corrected chi connectivity index (χ0v) is 13.2. The van der Waals surface area contributed by atoms with Crippen molar-refractivity contribution in [3.05, 3.63) is 59.8 Å². The van der Waals surface area contributed by atoms with Gasteiger partial charge in [0.05, 0.1) is 22.9 Å². The fourth-order valence-corrected chi connectivity index (χ4v) is 3.93. The molecule has 0 saturated carbocycles. The maximum atomic E-state index is 11.8. The number of aromatic nitrogens is 1. The minimum absolute atomic E-state index is 0.0171. The van der Waals surface area contributed by atoms with Gasteiger partial charge in [0.2, 0.25) is 0 Å². The van der Waals surface area contributed by atoms with E-state index in [4.69, 9.17) is 4.74 Å². The van der Waals surface area contributed by atoms with E-state index in [2.05, 4.69) is 22.4 Å². The Morgan fingerprint density at radius 3 is 2.91 bits per heavy atom. The smallest absolute Gasteiger partial charge is 0.407 e. The van der Waals surface area contributed by atoms with E-state index < -0.39 is 0 Å². The number of nitrogens with one attached hydrogen (secondary N) is 1. The largest absolute Gasteiger partial charge is 0.450 e. The Morgan fingerprint density at radius 2 is 2.14 bits per heavy atom. The Balaban J connectivity index is 1.82. The lowest BCUT2D eigenvalue weighted by atomic mass is 10.1. The van der Waals surface area contributed by atoms with Crippen molar-refractivity contribution < 1.29 is 9.53 Å². The predicted molar refractivity (Wildman–Crippen MR) is 86.9 cm³/mol. The van der Waals surface area contributed by atoms with Crippen LogP contribution < -0.4 is 5.32 Å². The van der Waals surface area contributed by atoms with Crippen LogP contribution in [-0.4, -0.2) is 23.7 Å². The summed E-state index contributed by atoms with van der Waals surface area (Å²) in [5.74, 6) is 0. The summed E-state index contributed by atoms with van der Waals surface area (Å²) < 4.78 is 5.03. The zero-order chi connectivity index (χ0) is 15.4. The van der Waals surface area contributed by atoms with E-state index in [1.807, 2.05) is 37.3 Å². The number of alkyl carbamates (subject to hydrolysis) is 1. The number of carbonyl (C=O) groups is 1. The average Bonchev–Trinajstić information content (AvgIpc) is 2.86. The number of rotatable bonds is 4. The molecule has 0 saturated heterocycles. The quantitative estimate of drug-likeness (QED) is 0.937. The first-order valence-electron chi connectivity index (χ1n) is 7.36. The van der Waals surface area contributed by atoms with E-state index in [1.54, 1.807) is 18.0 Å². The number of ether oxygens (including phenoxy) is 1.